The highest BCUT2D eigenvalue weighted by Gasteiger charge is 2.12. The van der Waals surface area contributed by atoms with Crippen LogP contribution < -0.4 is 5.32 Å². The molecule has 0 saturated carbocycles. The van der Waals surface area contributed by atoms with Crippen molar-refractivity contribution in [1.82, 2.24) is 9.55 Å². The smallest absolute Gasteiger partial charge is 0.221 e. The molecule has 0 fully saturated rings. The van der Waals surface area contributed by atoms with Gasteiger partial charge in [0.2, 0.25) is 5.91 Å². The molecule has 1 atom stereocenters. The van der Waals surface area contributed by atoms with E-state index >= 15 is 0 Å². The molecule has 1 heterocycles. The summed E-state index contributed by atoms with van der Waals surface area (Å²) in [4.78, 5) is 15.4. The average molecular weight is 458 g/mol. The molecule has 0 saturated heterocycles. The van der Waals surface area contributed by atoms with Gasteiger partial charge in [0.05, 0.1) is 6.33 Å². The van der Waals surface area contributed by atoms with Gasteiger partial charge in [-0.1, -0.05) is 54.6 Å². The molecular formula is C28H31N3OS. The molecule has 4 aromatic rings. The van der Waals surface area contributed by atoms with Gasteiger partial charge in [-0.2, -0.15) is 11.8 Å². The second-order valence-electron chi connectivity index (χ2n) is 8.41. The maximum atomic E-state index is 11.2. The van der Waals surface area contributed by atoms with Crippen LogP contribution in [0.1, 0.15) is 30.9 Å². The molecule has 0 aliphatic heterocycles. The summed E-state index contributed by atoms with van der Waals surface area (Å²) in [5, 5.41) is 6.05. The SMILES string of the molecule is CC(=O)Nc1ccc(CCCSC(CCc2cccc3ccccc23)Cn2ccnc2)cc1. The molecule has 0 radical (unpaired) electrons. The van der Waals surface area contributed by atoms with Crippen molar-refractivity contribution < 1.29 is 4.79 Å². The van der Waals surface area contributed by atoms with Crippen molar-refractivity contribution in [2.45, 2.75) is 44.4 Å². The maximum Gasteiger partial charge on any atom is 0.221 e. The number of aromatic nitrogens is 2. The van der Waals surface area contributed by atoms with Crippen LogP contribution in [0.2, 0.25) is 0 Å². The molecule has 5 heteroatoms. The number of nitrogens with one attached hydrogen (secondary N) is 1. The van der Waals surface area contributed by atoms with Gasteiger partial charge in [-0.15, -0.1) is 0 Å². The molecule has 0 aliphatic rings. The van der Waals surface area contributed by atoms with Crippen LogP contribution in [0.4, 0.5) is 5.69 Å². The Hall–Kier alpha value is -3.05. The number of amides is 1. The largest absolute Gasteiger partial charge is 0.336 e. The van der Waals surface area contributed by atoms with Crippen LogP contribution in [0, 0.1) is 0 Å². The molecule has 1 amide bonds. The van der Waals surface area contributed by atoms with Crippen molar-refractivity contribution in [2.24, 2.45) is 0 Å². The van der Waals surface area contributed by atoms with Crippen molar-refractivity contribution in [3.05, 3.63) is 96.6 Å². The zero-order chi connectivity index (χ0) is 22.9. The third-order valence-corrected chi connectivity index (χ3v) is 7.21. The summed E-state index contributed by atoms with van der Waals surface area (Å²) in [7, 11) is 0. The number of carbonyl (C=O) groups excluding carboxylic acids is 1. The summed E-state index contributed by atoms with van der Waals surface area (Å²) in [6, 6.07) is 23.5. The van der Waals surface area contributed by atoms with Crippen molar-refractivity contribution in [3.8, 4) is 0 Å². The Kier molecular flexibility index (Phi) is 8.20. The van der Waals surface area contributed by atoms with Gasteiger partial charge in [-0.3, -0.25) is 4.79 Å². The standard InChI is InChI=1S/C28H31N3OS/c1-22(32)30-26-14-11-23(12-15-26)6-5-19-33-27(20-31-18-17-29-21-31)16-13-25-9-4-8-24-7-2-3-10-28(24)25/h2-4,7-12,14-15,17-18,21,27H,5-6,13,16,19-20H2,1H3,(H,30,32). The van der Waals surface area contributed by atoms with E-state index in [2.05, 4.69) is 87.4 Å². The molecule has 1 unspecified atom stereocenters. The highest BCUT2D eigenvalue weighted by atomic mass is 32.2. The Bertz CT molecular complexity index is 1150. The summed E-state index contributed by atoms with van der Waals surface area (Å²) < 4.78 is 2.20. The molecule has 0 bridgehead atoms. The fourth-order valence-electron chi connectivity index (χ4n) is 4.17. The van der Waals surface area contributed by atoms with E-state index in [4.69, 9.17) is 0 Å². The quantitative estimate of drug-likeness (QED) is 0.267. The van der Waals surface area contributed by atoms with Gasteiger partial charge in [0.15, 0.2) is 0 Å². The first-order valence-corrected chi connectivity index (χ1v) is 12.6. The van der Waals surface area contributed by atoms with Gasteiger partial charge in [0.1, 0.15) is 0 Å². The van der Waals surface area contributed by atoms with Crippen molar-refractivity contribution in [1.29, 1.82) is 0 Å². The molecule has 170 valence electrons. The number of carbonyl (C=O) groups is 1. The van der Waals surface area contributed by atoms with Crippen LogP contribution in [0.15, 0.2) is 85.5 Å². The lowest BCUT2D eigenvalue weighted by Crippen LogP contribution is -2.14. The van der Waals surface area contributed by atoms with Crippen LogP contribution in [-0.4, -0.2) is 26.5 Å². The predicted octanol–water partition coefficient (Wildman–Crippen LogP) is 6.36. The Balaban J connectivity index is 1.31. The molecule has 3 aromatic carbocycles. The van der Waals surface area contributed by atoms with E-state index in [1.807, 2.05) is 24.7 Å². The van der Waals surface area contributed by atoms with Gasteiger partial charge >= 0.3 is 0 Å². The monoisotopic (exact) mass is 457 g/mol. The summed E-state index contributed by atoms with van der Waals surface area (Å²) in [6.45, 7) is 2.52. The minimum absolute atomic E-state index is 0.0356. The number of anilines is 1. The first-order valence-electron chi connectivity index (χ1n) is 11.6. The van der Waals surface area contributed by atoms with E-state index in [-0.39, 0.29) is 5.91 Å². The van der Waals surface area contributed by atoms with E-state index < -0.39 is 0 Å². The highest BCUT2D eigenvalue weighted by molar-refractivity contribution is 7.99. The summed E-state index contributed by atoms with van der Waals surface area (Å²) >= 11 is 2.07. The van der Waals surface area contributed by atoms with E-state index in [0.717, 1.165) is 43.7 Å². The molecule has 4 rings (SSSR count). The van der Waals surface area contributed by atoms with Gasteiger partial charge in [-0.25, -0.2) is 4.98 Å². The zero-order valence-corrected chi connectivity index (χ0v) is 19.9. The third kappa shape index (κ3) is 6.96. The number of benzene rings is 3. The molecular weight excluding hydrogens is 426 g/mol. The second-order valence-corrected chi connectivity index (χ2v) is 9.82. The highest BCUT2D eigenvalue weighted by Crippen LogP contribution is 2.25. The number of nitrogens with zero attached hydrogens (tertiary/aromatic N) is 2. The van der Waals surface area contributed by atoms with Gasteiger partial charge in [0, 0.05) is 36.8 Å². The lowest BCUT2D eigenvalue weighted by Gasteiger charge is -2.18. The van der Waals surface area contributed by atoms with Crippen LogP contribution >= 0.6 is 11.8 Å². The first kappa shape index (κ1) is 23.1. The number of aryl methyl sites for hydroxylation is 2. The van der Waals surface area contributed by atoms with Crippen LogP contribution in [0.5, 0.6) is 0 Å². The molecule has 4 nitrogen and oxygen atoms in total. The van der Waals surface area contributed by atoms with Crippen LogP contribution in [0.3, 0.4) is 0 Å². The summed E-state index contributed by atoms with van der Waals surface area (Å²) in [6.07, 6.45) is 10.2. The Morgan fingerprint density at radius 1 is 1.03 bits per heavy atom. The van der Waals surface area contributed by atoms with Crippen LogP contribution in [-0.2, 0) is 24.2 Å². The molecule has 0 spiro atoms. The number of fused-ring (bicyclic) bond motifs is 1. The minimum Gasteiger partial charge on any atom is -0.336 e. The van der Waals surface area contributed by atoms with Gasteiger partial charge in [0.25, 0.3) is 0 Å². The Labute approximate surface area is 200 Å². The number of hydrogen-bond donors (Lipinski definition) is 1. The molecule has 33 heavy (non-hydrogen) atoms. The van der Waals surface area contributed by atoms with E-state index in [0.29, 0.717) is 5.25 Å². The molecule has 1 N–H and O–H groups in total. The number of imidazole rings is 1. The van der Waals surface area contributed by atoms with Crippen molar-refractivity contribution >= 4 is 34.1 Å². The van der Waals surface area contributed by atoms with Gasteiger partial charge in [-0.05, 0) is 65.5 Å². The minimum atomic E-state index is -0.0356. The summed E-state index contributed by atoms with van der Waals surface area (Å²) in [5.74, 6) is 1.09. The number of thioether (sulfide) groups is 1. The van der Waals surface area contributed by atoms with E-state index in [9.17, 15) is 4.79 Å². The number of hydrogen-bond acceptors (Lipinski definition) is 3. The topological polar surface area (TPSA) is 46.9 Å². The Morgan fingerprint density at radius 2 is 1.85 bits per heavy atom. The Morgan fingerprint density at radius 3 is 2.64 bits per heavy atom. The third-order valence-electron chi connectivity index (χ3n) is 5.83. The van der Waals surface area contributed by atoms with Crippen molar-refractivity contribution in [3.63, 3.8) is 0 Å². The molecule has 1 aromatic heterocycles. The molecule has 0 aliphatic carbocycles. The average Bonchev–Trinajstić information content (AvgIpc) is 3.34. The van der Waals surface area contributed by atoms with E-state index in [1.165, 1.54) is 28.8 Å². The normalized spacial score (nSPS) is 12.0. The number of rotatable bonds is 11. The van der Waals surface area contributed by atoms with Crippen LogP contribution in [0.25, 0.3) is 10.8 Å². The fourth-order valence-corrected chi connectivity index (χ4v) is 5.37. The lowest BCUT2D eigenvalue weighted by molar-refractivity contribution is -0.114. The zero-order valence-electron chi connectivity index (χ0n) is 19.1. The lowest BCUT2D eigenvalue weighted by atomic mass is 10.00. The predicted molar refractivity (Wildman–Crippen MR) is 140 cm³/mol. The fraction of sp³-hybridized carbons (Fsp3) is 0.286. The maximum absolute atomic E-state index is 11.2. The second kappa shape index (κ2) is 11.7. The van der Waals surface area contributed by atoms with Crippen molar-refractivity contribution in [2.75, 3.05) is 11.1 Å². The first-order chi connectivity index (χ1) is 16.2. The van der Waals surface area contributed by atoms with E-state index in [1.54, 1.807) is 0 Å². The summed E-state index contributed by atoms with van der Waals surface area (Å²) in [5.41, 5.74) is 3.60. The van der Waals surface area contributed by atoms with Gasteiger partial charge < -0.3 is 9.88 Å².